The van der Waals surface area contributed by atoms with Crippen molar-refractivity contribution in [2.24, 2.45) is 5.92 Å². The van der Waals surface area contributed by atoms with Gasteiger partial charge in [-0.15, -0.1) is 10.2 Å². The third kappa shape index (κ3) is 5.03. The molecule has 1 atom stereocenters. The van der Waals surface area contributed by atoms with Crippen molar-refractivity contribution in [2.45, 2.75) is 39.8 Å². The van der Waals surface area contributed by atoms with Crippen molar-refractivity contribution in [2.75, 3.05) is 31.6 Å². The standard InChI is InChI=1S/C24H31N7O2/c1-5-22(32)31-11-10-30(15-20(31)16(2)3)21-14-26-13-19(27-21)24-29-28-23(33-24)18-8-6-17(7-9-18)12-25-4/h6-9,13-14,16,20,25H,5,10-12,15H2,1-4H3/t20-/m0/s1. The molecular formula is C24H31N7O2. The predicted octanol–water partition coefficient (Wildman–Crippen LogP) is 3.00. The van der Waals surface area contributed by atoms with Crippen molar-refractivity contribution in [1.29, 1.82) is 0 Å². The number of hydrogen-bond donors (Lipinski definition) is 1. The number of nitrogens with zero attached hydrogens (tertiary/aromatic N) is 6. The van der Waals surface area contributed by atoms with Gasteiger partial charge in [-0.25, -0.2) is 4.98 Å². The Morgan fingerprint density at radius 1 is 1.15 bits per heavy atom. The van der Waals surface area contributed by atoms with Crippen LogP contribution in [0.4, 0.5) is 5.82 Å². The molecule has 9 heteroatoms. The van der Waals surface area contributed by atoms with Crippen LogP contribution in [0.5, 0.6) is 0 Å². The molecule has 0 aliphatic carbocycles. The lowest BCUT2D eigenvalue weighted by Gasteiger charge is -2.43. The molecule has 1 aliphatic rings. The molecular weight excluding hydrogens is 418 g/mol. The summed E-state index contributed by atoms with van der Waals surface area (Å²) >= 11 is 0. The van der Waals surface area contributed by atoms with Gasteiger partial charge in [0, 0.05) is 38.2 Å². The summed E-state index contributed by atoms with van der Waals surface area (Å²) in [6, 6.07) is 8.14. The van der Waals surface area contributed by atoms with Crippen LogP contribution < -0.4 is 10.2 Å². The molecule has 3 heterocycles. The fraction of sp³-hybridized carbons (Fsp3) is 0.458. The monoisotopic (exact) mass is 449 g/mol. The van der Waals surface area contributed by atoms with E-state index in [2.05, 4.69) is 39.2 Å². The first-order valence-corrected chi connectivity index (χ1v) is 11.4. The molecule has 0 bridgehead atoms. The number of carbonyl (C=O) groups excluding carboxylic acids is 1. The molecule has 1 N–H and O–H groups in total. The molecule has 3 aromatic rings. The number of carbonyl (C=O) groups is 1. The van der Waals surface area contributed by atoms with Gasteiger partial charge in [0.15, 0.2) is 0 Å². The lowest BCUT2D eigenvalue weighted by molar-refractivity contribution is -0.134. The van der Waals surface area contributed by atoms with E-state index in [0.29, 0.717) is 42.9 Å². The molecule has 0 spiro atoms. The van der Waals surface area contributed by atoms with Crippen LogP contribution in [-0.4, -0.2) is 63.7 Å². The van der Waals surface area contributed by atoms with Gasteiger partial charge in [0.1, 0.15) is 11.5 Å². The molecule has 33 heavy (non-hydrogen) atoms. The maximum atomic E-state index is 12.4. The van der Waals surface area contributed by atoms with Gasteiger partial charge in [-0.05, 0) is 30.7 Å². The Hall–Kier alpha value is -3.33. The van der Waals surface area contributed by atoms with Crippen LogP contribution in [0.3, 0.4) is 0 Å². The summed E-state index contributed by atoms with van der Waals surface area (Å²) in [6.07, 6.45) is 3.90. The SMILES string of the molecule is CCC(=O)N1CCN(c2cncc(-c3nnc(-c4ccc(CNC)cc4)o3)n2)C[C@H]1C(C)C. The highest BCUT2D eigenvalue weighted by Gasteiger charge is 2.32. The van der Waals surface area contributed by atoms with E-state index < -0.39 is 0 Å². The Labute approximate surface area is 194 Å². The van der Waals surface area contributed by atoms with Gasteiger partial charge in [0.25, 0.3) is 5.89 Å². The van der Waals surface area contributed by atoms with E-state index in [4.69, 9.17) is 9.40 Å². The van der Waals surface area contributed by atoms with Crippen molar-refractivity contribution in [3.63, 3.8) is 0 Å². The minimum Gasteiger partial charge on any atom is -0.415 e. The second kappa shape index (κ2) is 10.1. The summed E-state index contributed by atoms with van der Waals surface area (Å²) in [5.74, 6) is 2.07. The first kappa shape index (κ1) is 22.8. The van der Waals surface area contributed by atoms with E-state index in [-0.39, 0.29) is 11.9 Å². The average molecular weight is 450 g/mol. The van der Waals surface area contributed by atoms with Crippen LogP contribution in [0.1, 0.15) is 32.8 Å². The van der Waals surface area contributed by atoms with Crippen molar-refractivity contribution in [3.8, 4) is 23.0 Å². The minimum atomic E-state index is 0.137. The Morgan fingerprint density at radius 2 is 1.91 bits per heavy atom. The lowest BCUT2D eigenvalue weighted by Crippen LogP contribution is -2.57. The number of hydrogen-bond acceptors (Lipinski definition) is 8. The van der Waals surface area contributed by atoms with Crippen LogP contribution in [0.15, 0.2) is 41.1 Å². The summed E-state index contributed by atoms with van der Waals surface area (Å²) in [4.78, 5) is 25.7. The van der Waals surface area contributed by atoms with Crippen molar-refractivity contribution >= 4 is 11.7 Å². The zero-order valence-electron chi connectivity index (χ0n) is 19.7. The van der Waals surface area contributed by atoms with Gasteiger partial charge in [-0.3, -0.25) is 9.78 Å². The van der Waals surface area contributed by atoms with Gasteiger partial charge in [-0.1, -0.05) is 32.9 Å². The summed E-state index contributed by atoms with van der Waals surface area (Å²) in [5, 5.41) is 11.5. The molecule has 1 aromatic carbocycles. The molecule has 0 saturated carbocycles. The molecule has 174 valence electrons. The molecule has 1 aliphatic heterocycles. The maximum absolute atomic E-state index is 12.4. The van der Waals surface area contributed by atoms with Crippen LogP contribution in [0, 0.1) is 5.92 Å². The van der Waals surface area contributed by atoms with Crippen molar-refractivity contribution in [3.05, 3.63) is 42.2 Å². The second-order valence-electron chi connectivity index (χ2n) is 8.60. The van der Waals surface area contributed by atoms with E-state index in [1.54, 1.807) is 12.4 Å². The second-order valence-corrected chi connectivity index (χ2v) is 8.60. The minimum absolute atomic E-state index is 0.137. The van der Waals surface area contributed by atoms with Gasteiger partial charge in [0.2, 0.25) is 11.8 Å². The van der Waals surface area contributed by atoms with Crippen LogP contribution in [0.2, 0.25) is 0 Å². The first-order chi connectivity index (χ1) is 16.0. The van der Waals surface area contributed by atoms with E-state index in [1.165, 1.54) is 5.56 Å². The van der Waals surface area contributed by atoms with E-state index in [0.717, 1.165) is 24.5 Å². The van der Waals surface area contributed by atoms with E-state index >= 15 is 0 Å². The first-order valence-electron chi connectivity index (χ1n) is 11.4. The molecule has 0 radical (unpaired) electrons. The third-order valence-electron chi connectivity index (χ3n) is 5.98. The number of aromatic nitrogens is 4. The molecule has 2 aromatic heterocycles. The molecule has 0 unspecified atom stereocenters. The number of benzene rings is 1. The highest BCUT2D eigenvalue weighted by molar-refractivity contribution is 5.76. The van der Waals surface area contributed by atoms with Crippen molar-refractivity contribution < 1.29 is 9.21 Å². The quantitative estimate of drug-likeness (QED) is 0.588. The summed E-state index contributed by atoms with van der Waals surface area (Å²) in [6.45, 7) is 9.12. The Kier molecular flexibility index (Phi) is 6.98. The molecule has 4 rings (SSSR count). The average Bonchev–Trinajstić information content (AvgIpc) is 3.34. The molecule has 9 nitrogen and oxygen atoms in total. The zero-order valence-corrected chi connectivity index (χ0v) is 19.7. The topological polar surface area (TPSA) is 100 Å². The van der Waals surface area contributed by atoms with Gasteiger partial charge in [-0.2, -0.15) is 0 Å². The largest absolute Gasteiger partial charge is 0.415 e. The van der Waals surface area contributed by atoms with Crippen LogP contribution in [-0.2, 0) is 11.3 Å². The smallest absolute Gasteiger partial charge is 0.268 e. The number of anilines is 1. The fourth-order valence-corrected chi connectivity index (χ4v) is 4.13. The van der Waals surface area contributed by atoms with E-state index in [1.807, 2.05) is 43.1 Å². The maximum Gasteiger partial charge on any atom is 0.268 e. The normalized spacial score (nSPS) is 16.5. The lowest BCUT2D eigenvalue weighted by atomic mass is 9.99. The Balaban J connectivity index is 1.52. The predicted molar refractivity (Wildman–Crippen MR) is 126 cm³/mol. The molecule has 1 fully saturated rings. The Bertz CT molecular complexity index is 1080. The van der Waals surface area contributed by atoms with Gasteiger partial charge in [0.05, 0.1) is 18.4 Å². The zero-order chi connectivity index (χ0) is 23.4. The third-order valence-corrected chi connectivity index (χ3v) is 5.98. The number of piperazine rings is 1. The highest BCUT2D eigenvalue weighted by Crippen LogP contribution is 2.26. The van der Waals surface area contributed by atoms with Crippen molar-refractivity contribution in [1.82, 2.24) is 30.4 Å². The van der Waals surface area contributed by atoms with Crippen LogP contribution in [0.25, 0.3) is 23.0 Å². The molecule has 1 amide bonds. The number of amides is 1. The summed E-state index contributed by atoms with van der Waals surface area (Å²) in [5.41, 5.74) is 2.57. The van der Waals surface area contributed by atoms with Gasteiger partial charge >= 0.3 is 0 Å². The highest BCUT2D eigenvalue weighted by atomic mass is 16.4. The molecule has 1 saturated heterocycles. The van der Waals surface area contributed by atoms with E-state index in [9.17, 15) is 4.79 Å². The number of rotatable bonds is 7. The van der Waals surface area contributed by atoms with Gasteiger partial charge < -0.3 is 19.5 Å². The van der Waals surface area contributed by atoms with Crippen LogP contribution >= 0.6 is 0 Å². The Morgan fingerprint density at radius 3 is 2.61 bits per heavy atom. The summed E-state index contributed by atoms with van der Waals surface area (Å²) in [7, 11) is 1.92. The summed E-state index contributed by atoms with van der Waals surface area (Å²) < 4.78 is 5.91. The fourth-order valence-electron chi connectivity index (χ4n) is 4.13. The number of nitrogens with one attached hydrogen (secondary N) is 1.